The minimum Gasteiger partial charge on any atom is -0.256 e. The van der Waals surface area contributed by atoms with Crippen molar-refractivity contribution in [2.24, 2.45) is 0 Å². The summed E-state index contributed by atoms with van der Waals surface area (Å²) < 4.78 is 29.2. The molecule has 0 aliphatic rings. The molecule has 2 aromatic heterocycles. The summed E-state index contributed by atoms with van der Waals surface area (Å²) in [5, 5.41) is 3.92. The highest BCUT2D eigenvalue weighted by Crippen LogP contribution is 2.32. The van der Waals surface area contributed by atoms with E-state index in [1.54, 1.807) is 29.1 Å². The average molecular weight is 359 g/mol. The summed E-state index contributed by atoms with van der Waals surface area (Å²) in [6.07, 6.45) is 6.24. The van der Waals surface area contributed by atoms with Crippen LogP contribution in [0.5, 0.6) is 0 Å². The summed E-state index contributed by atoms with van der Waals surface area (Å²) in [5.41, 5.74) is 1.90. The minimum atomic E-state index is -0.814. The quantitative estimate of drug-likeness (QED) is 0.621. The van der Waals surface area contributed by atoms with Crippen LogP contribution in [-0.2, 0) is 0 Å². The van der Waals surface area contributed by atoms with Crippen molar-refractivity contribution in [2.45, 2.75) is 6.92 Å². The Bertz CT molecular complexity index is 979. The number of allylic oxidation sites excluding steroid dienone is 1. The topological polar surface area (TPSA) is 43.6 Å². The first-order valence-electron chi connectivity index (χ1n) is 7.32. The summed E-state index contributed by atoms with van der Waals surface area (Å²) in [7, 11) is 0. The normalized spacial score (nSPS) is 11.6. The predicted octanol–water partition coefficient (Wildman–Crippen LogP) is 4.93. The van der Waals surface area contributed by atoms with Crippen LogP contribution in [0.4, 0.5) is 8.78 Å². The highest BCUT2D eigenvalue weighted by atomic mass is 35.5. The molecule has 2 heterocycles. The van der Waals surface area contributed by atoms with E-state index in [1.807, 2.05) is 6.92 Å². The monoisotopic (exact) mass is 358 g/mol. The first-order valence-corrected chi connectivity index (χ1v) is 7.69. The molecule has 4 nitrogen and oxygen atoms in total. The van der Waals surface area contributed by atoms with Gasteiger partial charge in [-0.05, 0) is 30.7 Å². The maximum Gasteiger partial charge on any atom is 0.154 e. The van der Waals surface area contributed by atoms with Crippen molar-refractivity contribution in [2.75, 3.05) is 0 Å². The van der Waals surface area contributed by atoms with Crippen molar-refractivity contribution < 1.29 is 8.78 Å². The zero-order valence-corrected chi connectivity index (χ0v) is 14.0. The van der Waals surface area contributed by atoms with Gasteiger partial charge in [-0.1, -0.05) is 24.2 Å². The van der Waals surface area contributed by atoms with Crippen LogP contribution >= 0.6 is 11.6 Å². The molecule has 0 amide bonds. The van der Waals surface area contributed by atoms with Crippen molar-refractivity contribution in [1.29, 1.82) is 0 Å². The van der Waals surface area contributed by atoms with Crippen LogP contribution in [0.25, 0.3) is 29.1 Å². The number of nitrogens with zero attached hydrogens (tertiary/aromatic N) is 4. The fourth-order valence-electron chi connectivity index (χ4n) is 2.40. The largest absolute Gasteiger partial charge is 0.256 e. The molecule has 0 fully saturated rings. The second-order valence-corrected chi connectivity index (χ2v) is 5.63. The van der Waals surface area contributed by atoms with Gasteiger partial charge in [0.1, 0.15) is 18.0 Å². The zero-order chi connectivity index (χ0) is 18.0. The number of hydrogen-bond donors (Lipinski definition) is 0. The molecule has 7 heteroatoms. The van der Waals surface area contributed by atoms with Gasteiger partial charge >= 0.3 is 0 Å². The number of benzene rings is 1. The SMILES string of the molecule is C=Cc1ncnn1/C=C(\C)c1cccnc1-c1cc(Cl)c(F)cc1F. The molecule has 0 radical (unpaired) electrons. The van der Waals surface area contributed by atoms with Gasteiger partial charge in [-0.3, -0.25) is 4.98 Å². The second-order valence-electron chi connectivity index (χ2n) is 5.22. The Hall–Kier alpha value is -2.86. The Morgan fingerprint density at radius 3 is 2.80 bits per heavy atom. The summed E-state index contributed by atoms with van der Waals surface area (Å²) in [4.78, 5) is 8.30. The maximum absolute atomic E-state index is 14.3. The van der Waals surface area contributed by atoms with Crippen LogP contribution in [-0.4, -0.2) is 19.7 Å². The lowest BCUT2D eigenvalue weighted by Crippen LogP contribution is -1.98. The molecule has 126 valence electrons. The molecule has 0 aliphatic carbocycles. The molecule has 0 atom stereocenters. The predicted molar refractivity (Wildman–Crippen MR) is 94.6 cm³/mol. The number of pyridine rings is 1. The molecular weight excluding hydrogens is 346 g/mol. The smallest absolute Gasteiger partial charge is 0.154 e. The number of hydrogen-bond acceptors (Lipinski definition) is 3. The lowest BCUT2D eigenvalue weighted by molar-refractivity contribution is 0.585. The standard InChI is InChI=1S/C18H13ClF2N4/c1-3-17-23-10-24-25(17)9-11(2)12-5-4-6-22-18(12)13-7-14(19)16(21)8-15(13)20/h3-10H,1H2,2H3/b11-9+. The van der Waals surface area contributed by atoms with E-state index in [0.717, 1.165) is 11.6 Å². The molecule has 0 saturated heterocycles. The van der Waals surface area contributed by atoms with Gasteiger partial charge in [-0.15, -0.1) is 0 Å². The number of halogens is 3. The summed E-state index contributed by atoms with van der Waals surface area (Å²) in [6, 6.07) is 5.50. The van der Waals surface area contributed by atoms with E-state index in [-0.39, 0.29) is 10.6 Å². The molecule has 3 aromatic rings. The first kappa shape index (κ1) is 17.0. The van der Waals surface area contributed by atoms with Crippen molar-refractivity contribution >= 4 is 29.5 Å². The van der Waals surface area contributed by atoms with Gasteiger partial charge in [0.15, 0.2) is 5.82 Å². The van der Waals surface area contributed by atoms with E-state index >= 15 is 0 Å². The maximum atomic E-state index is 14.3. The second kappa shape index (κ2) is 6.94. The molecule has 25 heavy (non-hydrogen) atoms. The fraction of sp³-hybridized carbons (Fsp3) is 0.0556. The summed E-state index contributed by atoms with van der Waals surface area (Å²) in [5.74, 6) is -0.978. The lowest BCUT2D eigenvalue weighted by Gasteiger charge is -2.11. The lowest BCUT2D eigenvalue weighted by atomic mass is 10.0. The Morgan fingerprint density at radius 1 is 1.24 bits per heavy atom. The van der Waals surface area contributed by atoms with Gasteiger partial charge in [-0.25, -0.2) is 18.4 Å². The molecule has 1 aromatic carbocycles. The Balaban J connectivity index is 2.14. The van der Waals surface area contributed by atoms with E-state index in [4.69, 9.17) is 11.6 Å². The van der Waals surface area contributed by atoms with Crippen molar-refractivity contribution in [3.8, 4) is 11.3 Å². The fourth-order valence-corrected chi connectivity index (χ4v) is 2.56. The van der Waals surface area contributed by atoms with E-state index in [2.05, 4.69) is 21.6 Å². The van der Waals surface area contributed by atoms with E-state index in [9.17, 15) is 8.78 Å². The third kappa shape index (κ3) is 3.34. The van der Waals surface area contributed by atoms with Gasteiger partial charge in [0.05, 0.1) is 10.7 Å². The Kier molecular flexibility index (Phi) is 4.72. The zero-order valence-electron chi connectivity index (χ0n) is 13.2. The third-order valence-electron chi connectivity index (χ3n) is 3.60. The first-order chi connectivity index (χ1) is 12.0. The van der Waals surface area contributed by atoms with Crippen LogP contribution < -0.4 is 0 Å². The van der Waals surface area contributed by atoms with Crippen molar-refractivity contribution in [3.63, 3.8) is 0 Å². The third-order valence-corrected chi connectivity index (χ3v) is 3.89. The minimum absolute atomic E-state index is 0.122. The molecule has 0 aliphatic heterocycles. The van der Waals surface area contributed by atoms with E-state index in [0.29, 0.717) is 17.1 Å². The highest BCUT2D eigenvalue weighted by Gasteiger charge is 2.15. The van der Waals surface area contributed by atoms with Crippen LogP contribution in [0.1, 0.15) is 18.3 Å². The molecule has 3 rings (SSSR count). The van der Waals surface area contributed by atoms with Crippen LogP contribution in [0.15, 0.2) is 43.4 Å². The van der Waals surface area contributed by atoms with Crippen molar-refractivity contribution in [3.05, 3.63) is 71.4 Å². The van der Waals surface area contributed by atoms with Gasteiger partial charge in [-0.2, -0.15) is 5.10 Å². The highest BCUT2D eigenvalue weighted by molar-refractivity contribution is 6.31. The van der Waals surface area contributed by atoms with Gasteiger partial charge in [0, 0.05) is 29.6 Å². The van der Waals surface area contributed by atoms with Gasteiger partial charge in [0.25, 0.3) is 0 Å². The molecular formula is C18H13ClF2N4. The average Bonchev–Trinajstić information content (AvgIpc) is 3.05. The summed E-state index contributed by atoms with van der Waals surface area (Å²) in [6.45, 7) is 5.51. The van der Waals surface area contributed by atoms with Crippen LogP contribution in [0.3, 0.4) is 0 Å². The molecule has 0 bridgehead atoms. The Morgan fingerprint density at radius 2 is 2.04 bits per heavy atom. The van der Waals surface area contributed by atoms with Crippen molar-refractivity contribution in [1.82, 2.24) is 19.7 Å². The van der Waals surface area contributed by atoms with E-state index < -0.39 is 11.6 Å². The molecule has 0 N–H and O–H groups in total. The van der Waals surface area contributed by atoms with Gasteiger partial charge in [0.2, 0.25) is 0 Å². The number of aromatic nitrogens is 4. The molecule has 0 saturated carbocycles. The summed E-state index contributed by atoms with van der Waals surface area (Å²) >= 11 is 5.80. The Labute approximate surface area is 148 Å². The molecule has 0 spiro atoms. The van der Waals surface area contributed by atoms with Gasteiger partial charge < -0.3 is 0 Å². The molecule has 0 unspecified atom stereocenters. The number of rotatable bonds is 4. The van der Waals surface area contributed by atoms with E-state index in [1.165, 1.54) is 18.6 Å². The van der Waals surface area contributed by atoms with Crippen LogP contribution in [0, 0.1) is 11.6 Å². The van der Waals surface area contributed by atoms with Crippen LogP contribution in [0.2, 0.25) is 5.02 Å².